The number of aliphatic carboxylic acids is 1. The minimum Gasteiger partial charge on any atom is -0.480 e. The van der Waals surface area contributed by atoms with E-state index in [1.807, 2.05) is 0 Å². The van der Waals surface area contributed by atoms with Gasteiger partial charge in [-0.2, -0.15) is 0 Å². The molecule has 14 heavy (non-hydrogen) atoms. The van der Waals surface area contributed by atoms with Crippen LogP contribution in [0.15, 0.2) is 5.11 Å². The van der Waals surface area contributed by atoms with Crippen LogP contribution in [0.2, 0.25) is 0 Å². The second-order valence-corrected chi connectivity index (χ2v) is 2.69. The number of hydrogen-bond donors (Lipinski definition) is 3. The number of carboxylic acid groups (broad SMARTS) is 1. The van der Waals surface area contributed by atoms with Crippen LogP contribution in [0.25, 0.3) is 10.4 Å². The normalized spacial score (nSPS) is 11.8. The number of hydrogen-bond acceptors (Lipinski definition) is 4. The van der Waals surface area contributed by atoms with Crippen molar-refractivity contribution in [2.24, 2.45) is 5.11 Å². The molecule has 0 aromatic carbocycles. The van der Waals surface area contributed by atoms with E-state index in [1.54, 1.807) is 7.05 Å². The fourth-order valence-electron chi connectivity index (χ4n) is 0.879. The molecule has 0 heterocycles. The van der Waals surface area contributed by atoms with Gasteiger partial charge in [-0.15, -0.1) is 0 Å². The average Bonchev–Trinajstić information content (AvgIpc) is 2.16. The second-order valence-electron chi connectivity index (χ2n) is 2.69. The van der Waals surface area contributed by atoms with Gasteiger partial charge in [-0.3, -0.25) is 4.79 Å². The van der Waals surface area contributed by atoms with Crippen molar-refractivity contribution in [3.8, 4) is 0 Å². The van der Waals surface area contributed by atoms with Crippen LogP contribution in [-0.2, 0) is 4.79 Å². The van der Waals surface area contributed by atoms with E-state index in [2.05, 4.69) is 20.7 Å². The van der Waals surface area contributed by atoms with Gasteiger partial charge in [0, 0.05) is 18.0 Å². The van der Waals surface area contributed by atoms with Crippen molar-refractivity contribution < 1.29 is 9.90 Å². The van der Waals surface area contributed by atoms with Crippen molar-refractivity contribution >= 4 is 5.97 Å². The van der Waals surface area contributed by atoms with Crippen LogP contribution < -0.4 is 10.6 Å². The maximum Gasteiger partial charge on any atom is 0.322 e. The molecule has 3 N–H and O–H groups in total. The van der Waals surface area contributed by atoms with Crippen LogP contribution in [0.3, 0.4) is 0 Å². The summed E-state index contributed by atoms with van der Waals surface area (Å²) in [5.41, 5.74) is 7.97. The highest BCUT2D eigenvalue weighted by Gasteiger charge is 2.12. The third-order valence-corrected chi connectivity index (χ3v) is 1.67. The van der Waals surface area contributed by atoms with E-state index in [4.69, 9.17) is 10.6 Å². The lowest BCUT2D eigenvalue weighted by molar-refractivity contribution is -0.139. The molecule has 0 saturated heterocycles. The summed E-state index contributed by atoms with van der Waals surface area (Å²) in [6.45, 7) is 1.44. The largest absolute Gasteiger partial charge is 0.480 e. The number of rotatable bonds is 8. The Kier molecular flexibility index (Phi) is 7.53. The predicted octanol–water partition coefficient (Wildman–Crippen LogP) is -0.0510. The van der Waals surface area contributed by atoms with Gasteiger partial charge in [-0.1, -0.05) is 5.11 Å². The van der Waals surface area contributed by atoms with E-state index < -0.39 is 12.0 Å². The lowest BCUT2D eigenvalue weighted by Crippen LogP contribution is -2.42. The highest BCUT2D eigenvalue weighted by molar-refractivity contribution is 5.73. The minimum absolute atomic E-state index is 0.363. The van der Waals surface area contributed by atoms with E-state index in [0.29, 0.717) is 26.1 Å². The Hall–Kier alpha value is -1.30. The van der Waals surface area contributed by atoms with E-state index in [1.165, 1.54) is 0 Å². The first-order valence-corrected chi connectivity index (χ1v) is 4.34. The van der Waals surface area contributed by atoms with Crippen LogP contribution in [-0.4, -0.2) is 43.8 Å². The molecule has 0 rings (SSSR count). The topological polar surface area (TPSA) is 110 Å². The molecule has 0 radical (unpaired) electrons. The Balaban J connectivity index is 3.42. The molecule has 0 amide bonds. The summed E-state index contributed by atoms with van der Waals surface area (Å²) in [7, 11) is 1.60. The van der Waals surface area contributed by atoms with E-state index in [9.17, 15) is 4.79 Å². The van der Waals surface area contributed by atoms with Crippen LogP contribution in [0, 0.1) is 0 Å². The summed E-state index contributed by atoms with van der Waals surface area (Å²) in [6, 6.07) is -0.575. The van der Waals surface area contributed by atoms with Gasteiger partial charge in [-0.05, 0) is 25.5 Å². The summed E-state index contributed by atoms with van der Waals surface area (Å²) in [4.78, 5) is 13.1. The van der Waals surface area contributed by atoms with Gasteiger partial charge in [0.1, 0.15) is 6.04 Å². The lowest BCUT2D eigenvalue weighted by atomic mass is 10.3. The molecule has 0 aromatic rings. The summed E-state index contributed by atoms with van der Waals surface area (Å²) >= 11 is 0. The Morgan fingerprint density at radius 2 is 2.43 bits per heavy atom. The van der Waals surface area contributed by atoms with Crippen molar-refractivity contribution in [1.82, 2.24) is 10.6 Å². The van der Waals surface area contributed by atoms with Gasteiger partial charge >= 0.3 is 5.97 Å². The molecular weight excluding hydrogens is 186 g/mol. The van der Waals surface area contributed by atoms with Gasteiger partial charge in [0.05, 0.1) is 0 Å². The van der Waals surface area contributed by atoms with Crippen molar-refractivity contribution in [1.29, 1.82) is 0 Å². The van der Waals surface area contributed by atoms with Crippen LogP contribution in [0.5, 0.6) is 0 Å². The van der Waals surface area contributed by atoms with Gasteiger partial charge < -0.3 is 15.7 Å². The molecule has 7 nitrogen and oxygen atoms in total. The van der Waals surface area contributed by atoms with Crippen molar-refractivity contribution in [2.45, 2.75) is 12.5 Å². The van der Waals surface area contributed by atoms with Gasteiger partial charge in [0.25, 0.3) is 0 Å². The van der Waals surface area contributed by atoms with Gasteiger partial charge in [-0.25, -0.2) is 0 Å². The summed E-state index contributed by atoms with van der Waals surface area (Å²) < 4.78 is 0. The van der Waals surface area contributed by atoms with Crippen LogP contribution >= 0.6 is 0 Å². The SMILES string of the molecule is CNC(CNCCCN=[N+]=[N-])C(=O)O. The molecular formula is C7H15N5O2. The number of carboxylic acids is 1. The second kappa shape index (κ2) is 8.31. The molecule has 1 unspecified atom stereocenters. The van der Waals surface area contributed by atoms with Crippen molar-refractivity contribution in [3.63, 3.8) is 0 Å². The summed E-state index contributed by atoms with van der Waals surface area (Å²) in [5, 5.41) is 17.6. The third kappa shape index (κ3) is 6.24. The fourth-order valence-corrected chi connectivity index (χ4v) is 0.879. The predicted molar refractivity (Wildman–Crippen MR) is 52.0 cm³/mol. The molecule has 1 atom stereocenters. The highest BCUT2D eigenvalue weighted by Crippen LogP contribution is 1.82. The standard InChI is InChI=1S/C7H15N5O2/c1-9-6(7(13)14)5-10-3-2-4-11-12-8/h6,9-10H,2-5H2,1H3,(H,13,14). The summed E-state index contributed by atoms with van der Waals surface area (Å²) in [5.74, 6) is -0.880. The van der Waals surface area contributed by atoms with Gasteiger partial charge in [0.2, 0.25) is 0 Å². The monoisotopic (exact) mass is 201 g/mol. The number of nitrogens with zero attached hydrogens (tertiary/aromatic N) is 3. The van der Waals surface area contributed by atoms with Crippen molar-refractivity contribution in [3.05, 3.63) is 10.4 Å². The van der Waals surface area contributed by atoms with E-state index >= 15 is 0 Å². The van der Waals surface area contributed by atoms with Crippen LogP contribution in [0.1, 0.15) is 6.42 Å². The van der Waals surface area contributed by atoms with Crippen LogP contribution in [0.4, 0.5) is 0 Å². The smallest absolute Gasteiger partial charge is 0.322 e. The van der Waals surface area contributed by atoms with Crippen molar-refractivity contribution in [2.75, 3.05) is 26.7 Å². The number of carbonyl (C=O) groups is 1. The first kappa shape index (κ1) is 12.7. The zero-order valence-corrected chi connectivity index (χ0v) is 8.10. The molecule has 0 aromatic heterocycles. The Bertz CT molecular complexity index is 214. The molecule has 0 bridgehead atoms. The first-order chi connectivity index (χ1) is 6.72. The maximum atomic E-state index is 10.5. The highest BCUT2D eigenvalue weighted by atomic mass is 16.4. The molecule has 0 aliphatic heterocycles. The summed E-state index contributed by atoms with van der Waals surface area (Å²) in [6.07, 6.45) is 0.708. The molecule has 0 saturated carbocycles. The Morgan fingerprint density at radius 3 is 2.93 bits per heavy atom. The molecule has 80 valence electrons. The molecule has 0 fully saturated rings. The average molecular weight is 201 g/mol. The van der Waals surface area contributed by atoms with Gasteiger partial charge in [0.15, 0.2) is 0 Å². The molecule has 0 spiro atoms. The lowest BCUT2D eigenvalue weighted by Gasteiger charge is -2.11. The molecule has 0 aliphatic carbocycles. The first-order valence-electron chi connectivity index (χ1n) is 4.34. The third-order valence-electron chi connectivity index (χ3n) is 1.67. The Labute approximate surface area is 82.1 Å². The zero-order chi connectivity index (χ0) is 10.8. The number of nitrogens with one attached hydrogen (secondary N) is 2. The quantitative estimate of drug-likeness (QED) is 0.221. The van der Waals surface area contributed by atoms with E-state index in [0.717, 1.165) is 0 Å². The Morgan fingerprint density at radius 1 is 1.71 bits per heavy atom. The minimum atomic E-state index is -0.880. The zero-order valence-electron chi connectivity index (χ0n) is 8.10. The maximum absolute atomic E-state index is 10.5. The number of likely N-dealkylation sites (N-methyl/N-ethyl adjacent to an activating group) is 1. The van der Waals surface area contributed by atoms with E-state index in [-0.39, 0.29) is 0 Å². The molecule has 7 heteroatoms. The molecule has 0 aliphatic rings. The number of azide groups is 1. The fraction of sp³-hybridized carbons (Fsp3) is 0.857.